The molecule has 0 saturated heterocycles. The fourth-order valence-electron chi connectivity index (χ4n) is 2.70. The lowest BCUT2D eigenvalue weighted by molar-refractivity contribution is 0.335. The van der Waals surface area contributed by atoms with Gasteiger partial charge in [-0.1, -0.05) is 19.8 Å². The second-order valence-corrected chi connectivity index (χ2v) is 5.26. The molecule has 1 heterocycles. The highest BCUT2D eigenvalue weighted by atomic mass is 15.2. The fourth-order valence-corrected chi connectivity index (χ4v) is 2.70. The van der Waals surface area contributed by atoms with Crippen molar-refractivity contribution < 1.29 is 0 Å². The van der Waals surface area contributed by atoms with Crippen LogP contribution in [0.1, 0.15) is 32.6 Å². The largest absolute Gasteiger partial charge is 0.373 e. The molecule has 100 valence electrons. The summed E-state index contributed by atoms with van der Waals surface area (Å²) in [6.07, 6.45) is 5.11. The van der Waals surface area contributed by atoms with Gasteiger partial charge in [-0.2, -0.15) is 9.97 Å². The van der Waals surface area contributed by atoms with Crippen LogP contribution in [0.2, 0.25) is 0 Å². The van der Waals surface area contributed by atoms with Crippen LogP contribution < -0.4 is 16.0 Å². The second-order valence-electron chi connectivity index (χ2n) is 5.26. The van der Waals surface area contributed by atoms with Gasteiger partial charge in [0.15, 0.2) is 0 Å². The summed E-state index contributed by atoms with van der Waals surface area (Å²) in [7, 11) is 3.94. The Kier molecular flexibility index (Phi) is 3.89. The summed E-state index contributed by atoms with van der Waals surface area (Å²) < 4.78 is 0. The highest BCUT2D eigenvalue weighted by Crippen LogP contribution is 2.29. The highest BCUT2D eigenvalue weighted by molar-refractivity contribution is 5.52. The van der Waals surface area contributed by atoms with E-state index in [1.54, 1.807) is 0 Å². The minimum atomic E-state index is 0.326. The molecule has 1 aliphatic carbocycles. The lowest BCUT2D eigenvalue weighted by Crippen LogP contribution is -2.36. The standard InChI is InChI=1S/C13H23N5/c1-9-5-4-6-10(7-9)18(3)12-8-11(15-2)16-13(14)17-12/h8-10H,4-7H2,1-3H3,(H3,14,15,16,17). The van der Waals surface area contributed by atoms with Crippen molar-refractivity contribution in [2.75, 3.05) is 30.0 Å². The summed E-state index contributed by atoms with van der Waals surface area (Å²) in [6, 6.07) is 2.52. The average Bonchev–Trinajstić information content (AvgIpc) is 2.37. The molecule has 0 aliphatic heterocycles. The van der Waals surface area contributed by atoms with Crippen LogP contribution in [0.3, 0.4) is 0 Å². The predicted octanol–water partition coefficient (Wildman–Crippen LogP) is 2.12. The van der Waals surface area contributed by atoms with E-state index in [0.717, 1.165) is 17.6 Å². The van der Waals surface area contributed by atoms with Crippen LogP contribution in [0.4, 0.5) is 17.6 Å². The van der Waals surface area contributed by atoms with Crippen molar-refractivity contribution in [3.05, 3.63) is 6.07 Å². The summed E-state index contributed by atoms with van der Waals surface area (Å²) in [6.45, 7) is 2.33. The minimum Gasteiger partial charge on any atom is -0.373 e. The van der Waals surface area contributed by atoms with Crippen molar-refractivity contribution in [1.29, 1.82) is 0 Å². The molecule has 2 atom stereocenters. The smallest absolute Gasteiger partial charge is 0.223 e. The molecule has 2 unspecified atom stereocenters. The summed E-state index contributed by atoms with van der Waals surface area (Å²) in [5, 5.41) is 3.02. The normalized spacial score (nSPS) is 23.7. The zero-order valence-corrected chi connectivity index (χ0v) is 11.5. The van der Waals surface area contributed by atoms with Gasteiger partial charge in [0.25, 0.3) is 0 Å². The van der Waals surface area contributed by atoms with Gasteiger partial charge in [-0.25, -0.2) is 0 Å². The van der Waals surface area contributed by atoms with Gasteiger partial charge in [0.2, 0.25) is 5.95 Å². The Morgan fingerprint density at radius 2 is 2.17 bits per heavy atom. The van der Waals surface area contributed by atoms with E-state index in [1.807, 2.05) is 13.1 Å². The third kappa shape index (κ3) is 2.83. The number of nitrogens with zero attached hydrogens (tertiary/aromatic N) is 3. The van der Waals surface area contributed by atoms with Crippen molar-refractivity contribution in [2.24, 2.45) is 5.92 Å². The Bertz CT molecular complexity index is 406. The third-order valence-electron chi connectivity index (χ3n) is 3.80. The van der Waals surface area contributed by atoms with Crippen LogP contribution in [-0.2, 0) is 0 Å². The molecule has 18 heavy (non-hydrogen) atoms. The molecule has 5 nitrogen and oxygen atoms in total. The molecule has 5 heteroatoms. The molecule has 0 aromatic carbocycles. The van der Waals surface area contributed by atoms with Crippen LogP contribution in [0.15, 0.2) is 6.07 Å². The van der Waals surface area contributed by atoms with E-state index in [-0.39, 0.29) is 0 Å². The van der Waals surface area contributed by atoms with E-state index in [0.29, 0.717) is 12.0 Å². The zero-order chi connectivity index (χ0) is 13.1. The molecular formula is C13H23N5. The summed E-state index contributed by atoms with van der Waals surface area (Å²) in [5.74, 6) is 2.81. The molecule has 0 bridgehead atoms. The lowest BCUT2D eigenvalue weighted by atomic mass is 9.86. The Hall–Kier alpha value is -1.52. The molecule has 1 aliphatic rings. The SMILES string of the molecule is CNc1cc(N(C)C2CCCC(C)C2)nc(N)n1. The van der Waals surface area contributed by atoms with Crippen molar-refractivity contribution in [3.63, 3.8) is 0 Å². The first-order valence-electron chi connectivity index (χ1n) is 6.65. The van der Waals surface area contributed by atoms with E-state index >= 15 is 0 Å². The number of anilines is 3. The molecule has 2 rings (SSSR count). The van der Waals surface area contributed by atoms with Gasteiger partial charge < -0.3 is 16.0 Å². The topological polar surface area (TPSA) is 67.1 Å². The number of nitrogen functional groups attached to an aromatic ring is 1. The number of hydrogen-bond acceptors (Lipinski definition) is 5. The fraction of sp³-hybridized carbons (Fsp3) is 0.692. The second kappa shape index (κ2) is 5.42. The number of aromatic nitrogens is 2. The van der Waals surface area contributed by atoms with Crippen molar-refractivity contribution >= 4 is 17.6 Å². The Labute approximate surface area is 109 Å². The van der Waals surface area contributed by atoms with E-state index in [4.69, 9.17) is 5.73 Å². The molecule has 1 saturated carbocycles. The lowest BCUT2D eigenvalue weighted by Gasteiger charge is -2.35. The van der Waals surface area contributed by atoms with Crippen LogP contribution in [0, 0.1) is 5.92 Å². The van der Waals surface area contributed by atoms with Crippen molar-refractivity contribution in [1.82, 2.24) is 9.97 Å². The maximum Gasteiger partial charge on any atom is 0.223 e. The van der Waals surface area contributed by atoms with Crippen LogP contribution in [0.5, 0.6) is 0 Å². The summed E-state index contributed by atoms with van der Waals surface area (Å²) >= 11 is 0. The van der Waals surface area contributed by atoms with Gasteiger partial charge in [-0.05, 0) is 18.8 Å². The van der Waals surface area contributed by atoms with E-state index in [9.17, 15) is 0 Å². The van der Waals surface area contributed by atoms with Gasteiger partial charge in [-0.15, -0.1) is 0 Å². The first-order chi connectivity index (χ1) is 8.60. The maximum atomic E-state index is 5.74. The van der Waals surface area contributed by atoms with Gasteiger partial charge >= 0.3 is 0 Å². The predicted molar refractivity (Wildman–Crippen MR) is 75.8 cm³/mol. The van der Waals surface area contributed by atoms with Gasteiger partial charge in [0, 0.05) is 26.2 Å². The maximum absolute atomic E-state index is 5.74. The first kappa shape index (κ1) is 12.9. The molecular weight excluding hydrogens is 226 g/mol. The van der Waals surface area contributed by atoms with E-state index in [2.05, 4.69) is 34.2 Å². The summed E-state index contributed by atoms with van der Waals surface area (Å²) in [4.78, 5) is 10.7. The first-order valence-corrected chi connectivity index (χ1v) is 6.65. The van der Waals surface area contributed by atoms with E-state index < -0.39 is 0 Å². The van der Waals surface area contributed by atoms with Crippen LogP contribution in [0.25, 0.3) is 0 Å². The number of nitrogens with two attached hydrogens (primary N) is 1. The molecule has 0 amide bonds. The van der Waals surface area contributed by atoms with Crippen molar-refractivity contribution in [2.45, 2.75) is 38.6 Å². The Morgan fingerprint density at radius 1 is 1.39 bits per heavy atom. The molecule has 1 aromatic heterocycles. The number of hydrogen-bond donors (Lipinski definition) is 2. The molecule has 1 aromatic rings. The van der Waals surface area contributed by atoms with Gasteiger partial charge in [0.05, 0.1) is 0 Å². The molecule has 1 fully saturated rings. The zero-order valence-electron chi connectivity index (χ0n) is 11.5. The van der Waals surface area contributed by atoms with Crippen molar-refractivity contribution in [3.8, 4) is 0 Å². The van der Waals surface area contributed by atoms with E-state index in [1.165, 1.54) is 25.7 Å². The van der Waals surface area contributed by atoms with Crippen LogP contribution >= 0.6 is 0 Å². The Morgan fingerprint density at radius 3 is 2.83 bits per heavy atom. The monoisotopic (exact) mass is 249 g/mol. The quantitative estimate of drug-likeness (QED) is 0.859. The number of rotatable bonds is 3. The highest BCUT2D eigenvalue weighted by Gasteiger charge is 2.23. The van der Waals surface area contributed by atoms with Gasteiger partial charge in [0.1, 0.15) is 11.6 Å². The van der Waals surface area contributed by atoms with Gasteiger partial charge in [-0.3, -0.25) is 0 Å². The molecule has 3 N–H and O–H groups in total. The molecule has 0 radical (unpaired) electrons. The molecule has 0 spiro atoms. The van der Waals surface area contributed by atoms with Crippen LogP contribution in [-0.4, -0.2) is 30.1 Å². The minimum absolute atomic E-state index is 0.326. The average molecular weight is 249 g/mol. The third-order valence-corrected chi connectivity index (χ3v) is 3.80. The Balaban J connectivity index is 2.16. The number of nitrogens with one attached hydrogen (secondary N) is 1. The summed E-state index contributed by atoms with van der Waals surface area (Å²) in [5.41, 5.74) is 5.74.